The van der Waals surface area contributed by atoms with E-state index in [0.717, 1.165) is 18.9 Å². The number of benzene rings is 1. The molecule has 2 N–H and O–H groups in total. The van der Waals surface area contributed by atoms with Gasteiger partial charge < -0.3 is 14.9 Å². The monoisotopic (exact) mass is 358 g/mol. The molecule has 140 valence electrons. The fourth-order valence-corrected chi connectivity index (χ4v) is 2.90. The van der Waals surface area contributed by atoms with Gasteiger partial charge in [-0.1, -0.05) is 32.1 Å². The highest BCUT2D eigenvalue weighted by Crippen LogP contribution is 2.33. The maximum Gasteiger partial charge on any atom is 0.342 e. The van der Waals surface area contributed by atoms with Crippen LogP contribution in [0.1, 0.15) is 54.6 Å². The van der Waals surface area contributed by atoms with Gasteiger partial charge in [-0.25, -0.2) is 4.79 Å². The summed E-state index contributed by atoms with van der Waals surface area (Å²) in [5, 5.41) is 20.2. The van der Waals surface area contributed by atoms with Gasteiger partial charge in [-0.15, -0.1) is 0 Å². The summed E-state index contributed by atoms with van der Waals surface area (Å²) in [6, 6.07) is 1.11. The molecule has 5 nitrogen and oxygen atoms in total. The normalized spacial score (nSPS) is 21.6. The summed E-state index contributed by atoms with van der Waals surface area (Å²) >= 11 is 0. The quantitative estimate of drug-likeness (QED) is 0.586. The predicted octanol–water partition coefficient (Wildman–Crippen LogP) is 4.00. The number of esters is 1. The van der Waals surface area contributed by atoms with Crippen LogP contribution < -0.4 is 0 Å². The molecule has 0 saturated carbocycles. The Morgan fingerprint density at radius 3 is 2.46 bits per heavy atom. The Kier molecular flexibility index (Phi) is 6.61. The number of ether oxygens (including phenoxy) is 1. The van der Waals surface area contributed by atoms with E-state index in [9.17, 15) is 19.8 Å². The molecule has 1 aromatic rings. The summed E-state index contributed by atoms with van der Waals surface area (Å²) in [6.45, 7) is 5.54. The van der Waals surface area contributed by atoms with Crippen LogP contribution in [0.15, 0.2) is 30.4 Å². The fourth-order valence-electron chi connectivity index (χ4n) is 2.90. The third-order valence-corrected chi connectivity index (χ3v) is 4.56. The van der Waals surface area contributed by atoms with E-state index in [4.69, 9.17) is 4.74 Å². The molecule has 0 fully saturated rings. The lowest BCUT2D eigenvalue weighted by Gasteiger charge is -2.22. The van der Waals surface area contributed by atoms with Gasteiger partial charge >= 0.3 is 5.97 Å². The minimum Gasteiger partial charge on any atom is -0.508 e. The summed E-state index contributed by atoms with van der Waals surface area (Å²) in [4.78, 5) is 25.0. The molecule has 0 bridgehead atoms. The first kappa shape index (κ1) is 19.8. The van der Waals surface area contributed by atoms with Gasteiger partial charge in [-0.3, -0.25) is 4.79 Å². The van der Waals surface area contributed by atoms with Crippen molar-refractivity contribution in [2.24, 2.45) is 5.92 Å². The maximum atomic E-state index is 12.8. The molecular formula is C21H26O5. The van der Waals surface area contributed by atoms with E-state index in [1.54, 1.807) is 13.0 Å². The summed E-state index contributed by atoms with van der Waals surface area (Å²) in [5.74, 6) is -1.32. The molecule has 5 heteroatoms. The first-order valence-corrected chi connectivity index (χ1v) is 8.91. The van der Waals surface area contributed by atoms with Gasteiger partial charge in [0.1, 0.15) is 23.2 Å². The van der Waals surface area contributed by atoms with Crippen molar-refractivity contribution in [2.45, 2.75) is 52.6 Å². The number of aromatic hydroxyl groups is 2. The summed E-state index contributed by atoms with van der Waals surface area (Å²) in [7, 11) is 0. The van der Waals surface area contributed by atoms with Crippen molar-refractivity contribution in [3.05, 3.63) is 47.1 Å². The molecule has 1 aromatic carbocycles. The lowest BCUT2D eigenvalue weighted by atomic mass is 9.94. The van der Waals surface area contributed by atoms with Crippen LogP contribution in [0.25, 0.3) is 0 Å². The second kappa shape index (κ2) is 8.70. The summed E-state index contributed by atoms with van der Waals surface area (Å²) < 4.78 is 5.63. The van der Waals surface area contributed by atoms with Crippen molar-refractivity contribution in [2.75, 3.05) is 0 Å². The van der Waals surface area contributed by atoms with Gasteiger partial charge in [0.25, 0.3) is 0 Å². The number of ketones is 1. The number of fused-ring (bicyclic) bond motifs is 1. The molecule has 0 aliphatic carbocycles. The third kappa shape index (κ3) is 4.75. The first-order chi connectivity index (χ1) is 12.3. The predicted molar refractivity (Wildman–Crippen MR) is 99.4 cm³/mol. The number of carbonyl (C=O) groups excluding carboxylic acids is 2. The largest absolute Gasteiger partial charge is 0.508 e. The fraction of sp³-hybridized carbons (Fsp3) is 0.429. The lowest BCUT2D eigenvalue weighted by Crippen LogP contribution is -2.24. The van der Waals surface area contributed by atoms with E-state index >= 15 is 0 Å². The number of allylic oxidation sites excluding steroid dienone is 3. The number of carbonyl (C=O) groups is 2. The molecule has 0 amide bonds. The van der Waals surface area contributed by atoms with Crippen molar-refractivity contribution >= 4 is 11.8 Å². The van der Waals surface area contributed by atoms with E-state index in [1.165, 1.54) is 6.08 Å². The Balaban J connectivity index is 2.52. The summed E-state index contributed by atoms with van der Waals surface area (Å²) in [6.07, 6.45) is 8.97. The number of phenolic OH excluding ortho intramolecular Hbond substituents is 2. The number of hydrogen-bond donors (Lipinski definition) is 2. The Morgan fingerprint density at radius 2 is 1.77 bits per heavy atom. The highest BCUT2D eigenvalue weighted by atomic mass is 16.5. The van der Waals surface area contributed by atoms with Gasteiger partial charge in [0, 0.05) is 18.9 Å². The van der Waals surface area contributed by atoms with Crippen LogP contribution in [0.2, 0.25) is 0 Å². The zero-order chi connectivity index (χ0) is 19.3. The van der Waals surface area contributed by atoms with Crippen LogP contribution in [0.5, 0.6) is 11.5 Å². The Morgan fingerprint density at radius 1 is 1.08 bits per heavy atom. The molecule has 0 unspecified atom stereocenters. The second-order valence-electron chi connectivity index (χ2n) is 6.91. The summed E-state index contributed by atoms with van der Waals surface area (Å²) in [5.41, 5.74) is 0.649. The van der Waals surface area contributed by atoms with E-state index in [2.05, 4.69) is 0 Å². The molecule has 1 aliphatic rings. The average molecular weight is 358 g/mol. The van der Waals surface area contributed by atoms with Crippen LogP contribution >= 0.6 is 0 Å². The van der Waals surface area contributed by atoms with Gasteiger partial charge in [-0.2, -0.15) is 0 Å². The molecule has 1 atom stereocenters. The topological polar surface area (TPSA) is 83.8 Å². The Labute approximate surface area is 154 Å². The van der Waals surface area contributed by atoms with E-state index in [-0.39, 0.29) is 41.3 Å². The standard InChI is InChI=1S/C21H26O5/c1-13(2)19-10-8-6-4-5-7-9-15(22)11-16-14(3)17(23)12-18(24)20(16)21(25)26-19/h6-9,12-13,19,23-24H,4-5,10-11H2,1-3H3/b8-6+,9-7+/t19-/m0/s1. The lowest BCUT2D eigenvalue weighted by molar-refractivity contribution is -0.114. The molecule has 26 heavy (non-hydrogen) atoms. The van der Waals surface area contributed by atoms with Crippen LogP contribution in [0.3, 0.4) is 0 Å². The molecule has 2 rings (SSSR count). The molecule has 0 saturated heterocycles. The van der Waals surface area contributed by atoms with Crippen molar-refractivity contribution in [3.63, 3.8) is 0 Å². The van der Waals surface area contributed by atoms with E-state index in [0.29, 0.717) is 17.5 Å². The molecule has 0 radical (unpaired) electrons. The smallest absolute Gasteiger partial charge is 0.342 e. The van der Waals surface area contributed by atoms with Crippen molar-refractivity contribution in [1.82, 2.24) is 0 Å². The number of phenols is 2. The first-order valence-electron chi connectivity index (χ1n) is 8.91. The van der Waals surface area contributed by atoms with Crippen LogP contribution in [0.4, 0.5) is 0 Å². The maximum absolute atomic E-state index is 12.8. The Hall–Kier alpha value is -2.56. The van der Waals surface area contributed by atoms with Crippen LogP contribution in [-0.2, 0) is 16.0 Å². The van der Waals surface area contributed by atoms with E-state index < -0.39 is 5.97 Å². The van der Waals surface area contributed by atoms with Crippen LogP contribution in [-0.4, -0.2) is 28.1 Å². The minimum atomic E-state index is -0.679. The third-order valence-electron chi connectivity index (χ3n) is 4.56. The number of rotatable bonds is 1. The Bertz CT molecular complexity index is 743. The molecular weight excluding hydrogens is 332 g/mol. The van der Waals surface area contributed by atoms with Gasteiger partial charge in [0.05, 0.1) is 0 Å². The van der Waals surface area contributed by atoms with Gasteiger partial charge in [-0.05, 0) is 42.9 Å². The second-order valence-corrected chi connectivity index (χ2v) is 6.91. The van der Waals surface area contributed by atoms with Crippen molar-refractivity contribution < 1.29 is 24.5 Å². The van der Waals surface area contributed by atoms with Gasteiger partial charge in [0.2, 0.25) is 0 Å². The number of cyclic esters (lactones) is 1. The highest BCUT2D eigenvalue weighted by Gasteiger charge is 2.26. The average Bonchev–Trinajstić information content (AvgIpc) is 2.56. The molecule has 0 aromatic heterocycles. The molecule has 1 aliphatic heterocycles. The highest BCUT2D eigenvalue weighted by molar-refractivity contribution is 5.99. The van der Waals surface area contributed by atoms with Crippen molar-refractivity contribution in [3.8, 4) is 11.5 Å². The van der Waals surface area contributed by atoms with Gasteiger partial charge in [0.15, 0.2) is 5.78 Å². The SMILES string of the molecule is Cc1c(O)cc(O)c2c1CC(=O)/C=C/CC/C=C/C[C@@H](C(C)C)OC2=O. The number of hydrogen-bond acceptors (Lipinski definition) is 5. The van der Waals surface area contributed by atoms with Crippen molar-refractivity contribution in [1.29, 1.82) is 0 Å². The molecule has 0 spiro atoms. The zero-order valence-corrected chi connectivity index (χ0v) is 15.5. The van der Waals surface area contributed by atoms with E-state index in [1.807, 2.05) is 26.0 Å². The zero-order valence-electron chi connectivity index (χ0n) is 15.5. The minimum absolute atomic E-state index is 0.0475. The van der Waals surface area contributed by atoms with Crippen LogP contribution in [0, 0.1) is 12.8 Å². The molecule has 1 heterocycles.